The fraction of sp³-hybridized carbons (Fsp3) is 0.435. The van der Waals surface area contributed by atoms with Crippen molar-refractivity contribution in [1.82, 2.24) is 0 Å². The van der Waals surface area contributed by atoms with Crippen LogP contribution in [0, 0.1) is 0 Å². The van der Waals surface area contributed by atoms with E-state index < -0.39 is 0 Å². The van der Waals surface area contributed by atoms with Crippen molar-refractivity contribution in [2.75, 3.05) is 11.5 Å². The van der Waals surface area contributed by atoms with Crippen LogP contribution < -0.4 is 4.90 Å². The van der Waals surface area contributed by atoms with E-state index in [2.05, 4.69) is 69.3 Å². The van der Waals surface area contributed by atoms with E-state index in [0.717, 1.165) is 24.9 Å². The first-order valence-corrected chi connectivity index (χ1v) is 9.54. The molecule has 0 radical (unpaired) electrons. The number of fused-ring (bicyclic) bond motifs is 1. The topological polar surface area (TPSA) is 29.5 Å². The largest absolute Gasteiger partial charge is 0.368 e. The highest BCUT2D eigenvalue weighted by Crippen LogP contribution is 2.50. The molecule has 1 fully saturated rings. The number of rotatable bonds is 2. The lowest BCUT2D eigenvalue weighted by atomic mass is 9.65. The molecule has 0 bridgehead atoms. The lowest BCUT2D eigenvalue weighted by Crippen LogP contribution is -2.58. The van der Waals surface area contributed by atoms with Crippen LogP contribution in [0.1, 0.15) is 51.2 Å². The number of nitrogens with zero attached hydrogens (tertiary/aromatic N) is 1. The van der Waals surface area contributed by atoms with Crippen molar-refractivity contribution in [2.45, 2.75) is 57.1 Å². The van der Waals surface area contributed by atoms with E-state index in [9.17, 15) is 4.79 Å². The molecule has 2 aliphatic rings. The van der Waals surface area contributed by atoms with Gasteiger partial charge in [0.25, 0.3) is 5.91 Å². The lowest BCUT2D eigenvalue weighted by Gasteiger charge is -2.51. The van der Waals surface area contributed by atoms with Crippen molar-refractivity contribution in [3.05, 3.63) is 65.7 Å². The molecule has 3 heteroatoms. The fourth-order valence-corrected chi connectivity index (χ4v) is 4.90. The Hall–Kier alpha value is -2.13. The van der Waals surface area contributed by atoms with Crippen LogP contribution in [0.25, 0.3) is 0 Å². The van der Waals surface area contributed by atoms with Crippen molar-refractivity contribution >= 4 is 11.6 Å². The Balaban J connectivity index is 1.85. The quantitative estimate of drug-likeness (QED) is 0.787. The van der Waals surface area contributed by atoms with Gasteiger partial charge in [0.1, 0.15) is 6.10 Å². The zero-order valence-electron chi connectivity index (χ0n) is 15.9. The molecule has 2 atom stereocenters. The van der Waals surface area contributed by atoms with E-state index >= 15 is 0 Å². The molecular weight excluding hydrogens is 322 g/mol. The summed E-state index contributed by atoms with van der Waals surface area (Å²) in [7, 11) is 0. The summed E-state index contributed by atoms with van der Waals surface area (Å²) < 4.78 is 5.72. The van der Waals surface area contributed by atoms with E-state index in [0.29, 0.717) is 6.61 Å². The predicted molar refractivity (Wildman–Crippen MR) is 104 cm³/mol. The Kier molecular flexibility index (Phi) is 4.15. The second-order valence-electron chi connectivity index (χ2n) is 8.38. The van der Waals surface area contributed by atoms with Crippen molar-refractivity contribution < 1.29 is 9.53 Å². The monoisotopic (exact) mass is 349 g/mol. The first-order valence-electron chi connectivity index (χ1n) is 9.54. The van der Waals surface area contributed by atoms with Crippen LogP contribution in [0.5, 0.6) is 0 Å². The maximum absolute atomic E-state index is 13.3. The first-order chi connectivity index (χ1) is 12.4. The molecule has 1 saturated heterocycles. The van der Waals surface area contributed by atoms with E-state index in [4.69, 9.17) is 4.74 Å². The molecule has 4 rings (SSSR count). The normalized spacial score (nSPS) is 27.2. The molecule has 26 heavy (non-hydrogen) atoms. The molecule has 0 aliphatic carbocycles. The summed E-state index contributed by atoms with van der Waals surface area (Å²) in [6.45, 7) is 7.35. The number of para-hydroxylation sites is 1. The number of benzene rings is 2. The molecular formula is C23H27NO2. The van der Waals surface area contributed by atoms with Gasteiger partial charge in [0, 0.05) is 23.2 Å². The number of carbonyl (C=O) groups excluding carboxylic acids is 1. The molecule has 0 N–H and O–H groups in total. The molecule has 136 valence electrons. The Morgan fingerprint density at radius 1 is 1.04 bits per heavy atom. The van der Waals surface area contributed by atoms with Gasteiger partial charge in [0.15, 0.2) is 0 Å². The zero-order valence-corrected chi connectivity index (χ0v) is 15.9. The summed E-state index contributed by atoms with van der Waals surface area (Å²) in [4.78, 5) is 15.3. The molecule has 2 aliphatic heterocycles. The van der Waals surface area contributed by atoms with Gasteiger partial charge in [0.05, 0.1) is 0 Å². The van der Waals surface area contributed by atoms with Crippen LogP contribution in [0.4, 0.5) is 5.69 Å². The Morgan fingerprint density at radius 3 is 2.42 bits per heavy atom. The van der Waals surface area contributed by atoms with Gasteiger partial charge >= 0.3 is 0 Å². The average Bonchev–Trinajstić information content (AvgIpc) is 3.16. The standard InChI is InChI=1S/C23H27NO2/c1-22(2)16-23(3,17-10-5-4-6-11-17)18-12-7-8-13-19(18)24(22)21(25)20-14-9-15-26-20/h4-8,10-13,20H,9,14-16H2,1-3H3/t20-,23+/m0/s1. The molecule has 3 nitrogen and oxygen atoms in total. The van der Waals surface area contributed by atoms with Gasteiger partial charge in [-0.2, -0.15) is 0 Å². The van der Waals surface area contributed by atoms with Crippen LogP contribution in [-0.4, -0.2) is 24.2 Å². The van der Waals surface area contributed by atoms with E-state index in [-0.39, 0.29) is 23.0 Å². The molecule has 2 aromatic rings. The maximum atomic E-state index is 13.3. The molecule has 0 unspecified atom stereocenters. The van der Waals surface area contributed by atoms with Crippen molar-refractivity contribution in [1.29, 1.82) is 0 Å². The highest BCUT2D eigenvalue weighted by Gasteiger charge is 2.49. The third-order valence-electron chi connectivity index (χ3n) is 5.97. The van der Waals surface area contributed by atoms with Crippen molar-refractivity contribution in [2.24, 2.45) is 0 Å². The third kappa shape index (κ3) is 2.66. The van der Waals surface area contributed by atoms with E-state index in [1.54, 1.807) is 0 Å². The summed E-state index contributed by atoms with van der Waals surface area (Å²) in [6.07, 6.45) is 2.36. The van der Waals surface area contributed by atoms with Gasteiger partial charge in [-0.25, -0.2) is 0 Å². The van der Waals surface area contributed by atoms with Crippen LogP contribution >= 0.6 is 0 Å². The Labute approximate surface area is 156 Å². The smallest absolute Gasteiger partial charge is 0.256 e. The number of amides is 1. The molecule has 2 heterocycles. The Morgan fingerprint density at radius 2 is 1.73 bits per heavy atom. The Bertz CT molecular complexity index is 808. The summed E-state index contributed by atoms with van der Waals surface area (Å²) in [5.74, 6) is 0.107. The molecule has 0 saturated carbocycles. The number of hydrogen-bond donors (Lipinski definition) is 0. The third-order valence-corrected chi connectivity index (χ3v) is 5.97. The van der Waals surface area contributed by atoms with Crippen molar-refractivity contribution in [3.8, 4) is 0 Å². The minimum absolute atomic E-state index is 0.107. The van der Waals surface area contributed by atoms with Crippen LogP contribution in [0.3, 0.4) is 0 Å². The number of hydrogen-bond acceptors (Lipinski definition) is 2. The van der Waals surface area contributed by atoms with Gasteiger partial charge < -0.3 is 9.64 Å². The summed E-state index contributed by atoms with van der Waals surface area (Å²) >= 11 is 0. The maximum Gasteiger partial charge on any atom is 0.256 e. The highest BCUT2D eigenvalue weighted by molar-refractivity contribution is 5.99. The van der Waals surface area contributed by atoms with Crippen LogP contribution in [0.15, 0.2) is 54.6 Å². The number of carbonyl (C=O) groups is 1. The van der Waals surface area contributed by atoms with Crippen molar-refractivity contribution in [3.63, 3.8) is 0 Å². The van der Waals surface area contributed by atoms with E-state index in [1.165, 1.54) is 11.1 Å². The average molecular weight is 349 g/mol. The van der Waals surface area contributed by atoms with Gasteiger partial charge in [-0.05, 0) is 50.3 Å². The fourth-order valence-electron chi connectivity index (χ4n) is 4.90. The highest BCUT2D eigenvalue weighted by atomic mass is 16.5. The summed E-state index contributed by atoms with van der Waals surface area (Å²) in [5, 5.41) is 0. The molecule has 2 aromatic carbocycles. The minimum atomic E-state index is -0.302. The van der Waals surface area contributed by atoms with Gasteiger partial charge in [0.2, 0.25) is 0 Å². The summed E-state index contributed by atoms with van der Waals surface area (Å²) in [6, 6.07) is 19.0. The van der Waals surface area contributed by atoms with Gasteiger partial charge in [-0.3, -0.25) is 4.79 Å². The minimum Gasteiger partial charge on any atom is -0.368 e. The second-order valence-corrected chi connectivity index (χ2v) is 8.38. The van der Waals surface area contributed by atoms with Gasteiger partial charge in [-0.1, -0.05) is 55.5 Å². The second kappa shape index (κ2) is 6.24. The lowest BCUT2D eigenvalue weighted by molar-refractivity contribution is -0.128. The van der Waals surface area contributed by atoms with Gasteiger partial charge in [-0.15, -0.1) is 0 Å². The molecule has 0 aromatic heterocycles. The first kappa shape index (κ1) is 17.3. The number of anilines is 1. The summed E-state index contributed by atoms with van der Waals surface area (Å²) in [5.41, 5.74) is 3.12. The predicted octanol–water partition coefficient (Wildman–Crippen LogP) is 4.69. The zero-order chi connectivity index (χ0) is 18.4. The molecule has 1 amide bonds. The molecule has 0 spiro atoms. The number of ether oxygens (including phenoxy) is 1. The van der Waals surface area contributed by atoms with Crippen LogP contribution in [0.2, 0.25) is 0 Å². The van der Waals surface area contributed by atoms with Crippen LogP contribution in [-0.2, 0) is 14.9 Å². The SMILES string of the molecule is CC1(C)C[C@](C)(c2ccccc2)c2ccccc2N1C(=O)[C@@H]1CCCO1. The van der Waals surface area contributed by atoms with E-state index in [1.807, 2.05) is 11.0 Å².